The highest BCUT2D eigenvalue weighted by molar-refractivity contribution is 9.10. The van der Waals surface area contributed by atoms with Crippen LogP contribution in [-0.2, 0) is 26.2 Å². The first-order valence-corrected chi connectivity index (χ1v) is 14.6. The fraction of sp³-hybridized carbons (Fsp3) is 0.286. The van der Waals surface area contributed by atoms with Crippen molar-refractivity contribution in [2.24, 2.45) is 0 Å². The molecule has 0 saturated heterocycles. The minimum Gasteiger partial charge on any atom is -0.350 e. The van der Waals surface area contributed by atoms with E-state index < -0.39 is 34.1 Å². The maximum absolute atomic E-state index is 13.9. The summed E-state index contributed by atoms with van der Waals surface area (Å²) in [6.07, 6.45) is 0. The summed E-state index contributed by atoms with van der Waals surface area (Å²) in [4.78, 5) is 28.4. The first-order chi connectivity index (χ1) is 17.8. The number of halogens is 2. The summed E-state index contributed by atoms with van der Waals surface area (Å²) in [6.45, 7) is 6.78. The van der Waals surface area contributed by atoms with Crippen molar-refractivity contribution in [1.29, 1.82) is 0 Å². The van der Waals surface area contributed by atoms with Gasteiger partial charge in [0.2, 0.25) is 11.8 Å². The molecule has 0 aliphatic carbocycles. The van der Waals surface area contributed by atoms with E-state index in [0.29, 0.717) is 5.02 Å². The van der Waals surface area contributed by atoms with E-state index in [1.165, 1.54) is 23.1 Å². The third-order valence-electron chi connectivity index (χ3n) is 5.64. The average molecular weight is 621 g/mol. The number of hydrogen-bond donors (Lipinski definition) is 1. The van der Waals surface area contributed by atoms with Crippen molar-refractivity contribution in [3.05, 3.63) is 93.9 Å². The zero-order chi connectivity index (χ0) is 28.1. The Labute approximate surface area is 238 Å². The van der Waals surface area contributed by atoms with Crippen LogP contribution in [0.4, 0.5) is 5.69 Å². The summed E-state index contributed by atoms with van der Waals surface area (Å²) in [6, 6.07) is 20.7. The van der Waals surface area contributed by atoms with Crippen LogP contribution in [0.15, 0.2) is 88.2 Å². The molecule has 1 N–H and O–H groups in total. The highest BCUT2D eigenvalue weighted by Gasteiger charge is 2.33. The lowest BCUT2D eigenvalue weighted by molar-refractivity contribution is -0.140. The van der Waals surface area contributed by atoms with Crippen LogP contribution in [0.3, 0.4) is 0 Å². The second kappa shape index (κ2) is 12.3. The molecule has 10 heteroatoms. The van der Waals surface area contributed by atoms with Crippen molar-refractivity contribution >= 4 is 55.1 Å². The van der Waals surface area contributed by atoms with E-state index in [1.807, 2.05) is 45.0 Å². The summed E-state index contributed by atoms with van der Waals surface area (Å²) in [5.41, 5.74) is 0.517. The van der Waals surface area contributed by atoms with Gasteiger partial charge in [-0.1, -0.05) is 63.9 Å². The fourth-order valence-electron chi connectivity index (χ4n) is 3.72. The van der Waals surface area contributed by atoms with E-state index in [2.05, 4.69) is 21.2 Å². The molecule has 0 bridgehead atoms. The molecule has 0 radical (unpaired) electrons. The molecular weight excluding hydrogens is 590 g/mol. The van der Waals surface area contributed by atoms with Gasteiger partial charge in [0.05, 0.1) is 10.6 Å². The smallest absolute Gasteiger partial charge is 0.264 e. The van der Waals surface area contributed by atoms with E-state index in [0.717, 1.165) is 14.3 Å². The van der Waals surface area contributed by atoms with Crippen molar-refractivity contribution in [1.82, 2.24) is 10.2 Å². The number of hydrogen-bond acceptors (Lipinski definition) is 4. The van der Waals surface area contributed by atoms with Gasteiger partial charge in [-0.05, 0) is 75.7 Å². The fourth-order valence-corrected chi connectivity index (χ4v) is 5.60. The number of nitrogens with one attached hydrogen (secondary N) is 1. The molecule has 202 valence electrons. The molecule has 1 atom stereocenters. The lowest BCUT2D eigenvalue weighted by atomic mass is 10.1. The van der Waals surface area contributed by atoms with Crippen molar-refractivity contribution in [3.8, 4) is 0 Å². The van der Waals surface area contributed by atoms with Crippen molar-refractivity contribution in [3.63, 3.8) is 0 Å². The van der Waals surface area contributed by atoms with Crippen molar-refractivity contribution in [2.45, 2.75) is 50.7 Å². The Balaban J connectivity index is 2.02. The predicted octanol–water partition coefficient (Wildman–Crippen LogP) is 5.63. The summed E-state index contributed by atoms with van der Waals surface area (Å²) in [5.74, 6) is -0.882. The number of amides is 2. The van der Waals surface area contributed by atoms with Gasteiger partial charge < -0.3 is 10.2 Å². The molecule has 3 aromatic rings. The number of anilines is 1. The monoisotopic (exact) mass is 619 g/mol. The molecule has 0 saturated carbocycles. The molecule has 3 aromatic carbocycles. The zero-order valence-electron chi connectivity index (χ0n) is 21.7. The third kappa shape index (κ3) is 7.82. The molecule has 0 fully saturated rings. The third-order valence-corrected chi connectivity index (χ3v) is 8.19. The number of rotatable bonds is 9. The molecule has 0 aromatic heterocycles. The first-order valence-electron chi connectivity index (χ1n) is 12.0. The SMILES string of the molecule is CC(C(=O)NC(C)(C)C)N(Cc1ccc(Br)cc1)C(=O)CN(c1cccc(Cl)c1)S(=O)(=O)c1ccccc1. The van der Waals surface area contributed by atoms with Gasteiger partial charge in [0.25, 0.3) is 10.0 Å². The molecule has 0 aliphatic heterocycles. The van der Waals surface area contributed by atoms with E-state index in [1.54, 1.807) is 43.3 Å². The van der Waals surface area contributed by atoms with Crippen LogP contribution < -0.4 is 9.62 Å². The van der Waals surface area contributed by atoms with Gasteiger partial charge in [0, 0.05) is 21.6 Å². The topological polar surface area (TPSA) is 86.8 Å². The molecule has 0 spiro atoms. The van der Waals surface area contributed by atoms with Gasteiger partial charge in [-0.2, -0.15) is 0 Å². The second-order valence-corrected chi connectivity index (χ2v) is 13.1. The minimum absolute atomic E-state index is 0.0331. The van der Waals surface area contributed by atoms with Gasteiger partial charge in [-0.3, -0.25) is 13.9 Å². The van der Waals surface area contributed by atoms with Crippen LogP contribution in [0.25, 0.3) is 0 Å². The van der Waals surface area contributed by atoms with Gasteiger partial charge in [0.15, 0.2) is 0 Å². The highest BCUT2D eigenvalue weighted by atomic mass is 79.9. The maximum Gasteiger partial charge on any atom is 0.264 e. The van der Waals surface area contributed by atoms with Crippen molar-refractivity contribution < 1.29 is 18.0 Å². The summed E-state index contributed by atoms with van der Waals surface area (Å²) in [7, 11) is -4.13. The Bertz CT molecular complexity index is 1380. The van der Waals surface area contributed by atoms with Crippen LogP contribution in [0.5, 0.6) is 0 Å². The van der Waals surface area contributed by atoms with Gasteiger partial charge in [-0.25, -0.2) is 8.42 Å². The van der Waals surface area contributed by atoms with Crippen molar-refractivity contribution in [2.75, 3.05) is 10.8 Å². The number of nitrogens with zero attached hydrogens (tertiary/aromatic N) is 2. The molecule has 0 aliphatic rings. The van der Waals surface area contributed by atoms with E-state index in [-0.39, 0.29) is 23.0 Å². The Hall–Kier alpha value is -2.88. The average Bonchev–Trinajstić information content (AvgIpc) is 2.85. The van der Waals surface area contributed by atoms with Crippen LogP contribution in [0, 0.1) is 0 Å². The Morgan fingerprint density at radius 1 is 0.974 bits per heavy atom. The summed E-state index contributed by atoms with van der Waals surface area (Å²) < 4.78 is 29.3. The minimum atomic E-state index is -4.13. The van der Waals surface area contributed by atoms with Gasteiger partial charge in [0.1, 0.15) is 12.6 Å². The predicted molar refractivity (Wildman–Crippen MR) is 154 cm³/mol. The second-order valence-electron chi connectivity index (χ2n) is 9.87. The number of carbonyl (C=O) groups is 2. The lowest BCUT2D eigenvalue weighted by Crippen LogP contribution is -2.54. The molecule has 3 rings (SSSR count). The summed E-state index contributed by atoms with van der Waals surface area (Å²) in [5, 5.41) is 3.23. The van der Waals surface area contributed by atoms with Crippen LogP contribution in [-0.4, -0.2) is 43.3 Å². The quantitative estimate of drug-likeness (QED) is 0.336. The van der Waals surface area contributed by atoms with E-state index in [4.69, 9.17) is 11.6 Å². The standard InChI is InChI=1S/C28H31BrClN3O4S/c1-20(27(35)31-28(2,3)4)32(18-21-13-15-22(29)16-14-21)26(34)19-33(24-10-8-9-23(30)17-24)38(36,37)25-11-6-5-7-12-25/h5-17,20H,18-19H2,1-4H3,(H,31,35). The number of sulfonamides is 1. The summed E-state index contributed by atoms with van der Waals surface area (Å²) >= 11 is 9.59. The number of benzene rings is 3. The molecular formula is C28H31BrClN3O4S. The first kappa shape index (κ1) is 29.7. The molecule has 7 nitrogen and oxygen atoms in total. The Morgan fingerprint density at radius 3 is 2.18 bits per heavy atom. The molecule has 1 unspecified atom stereocenters. The van der Waals surface area contributed by atoms with Gasteiger partial charge >= 0.3 is 0 Å². The molecule has 38 heavy (non-hydrogen) atoms. The highest BCUT2D eigenvalue weighted by Crippen LogP contribution is 2.27. The molecule has 2 amide bonds. The Kier molecular flexibility index (Phi) is 9.62. The van der Waals surface area contributed by atoms with Crippen LogP contribution in [0.2, 0.25) is 5.02 Å². The normalized spacial score (nSPS) is 12.5. The molecule has 0 heterocycles. The zero-order valence-corrected chi connectivity index (χ0v) is 24.8. The lowest BCUT2D eigenvalue weighted by Gasteiger charge is -2.33. The Morgan fingerprint density at radius 2 is 1.61 bits per heavy atom. The van der Waals surface area contributed by atoms with Crippen LogP contribution >= 0.6 is 27.5 Å². The van der Waals surface area contributed by atoms with E-state index >= 15 is 0 Å². The van der Waals surface area contributed by atoms with Crippen LogP contribution in [0.1, 0.15) is 33.3 Å². The largest absolute Gasteiger partial charge is 0.350 e. The van der Waals surface area contributed by atoms with Gasteiger partial charge in [-0.15, -0.1) is 0 Å². The number of carbonyl (C=O) groups excluding carboxylic acids is 2. The maximum atomic E-state index is 13.9. The van der Waals surface area contributed by atoms with E-state index in [9.17, 15) is 18.0 Å².